The molecule has 1 saturated carbocycles. The number of benzene rings is 2. The Bertz CT molecular complexity index is 1030. The molecule has 0 spiro atoms. The van der Waals surface area contributed by atoms with Crippen LogP contribution in [0.5, 0.6) is 0 Å². The van der Waals surface area contributed by atoms with E-state index in [0.29, 0.717) is 5.92 Å². The molecule has 1 aliphatic carbocycles. The van der Waals surface area contributed by atoms with E-state index in [1.807, 2.05) is 59.5 Å². The number of likely N-dealkylation sites (tertiary alicyclic amines) is 2. The van der Waals surface area contributed by atoms with Gasteiger partial charge in [0, 0.05) is 32.0 Å². The van der Waals surface area contributed by atoms with Crippen molar-refractivity contribution >= 4 is 17.7 Å². The highest BCUT2D eigenvalue weighted by Gasteiger charge is 2.57. The third-order valence-corrected chi connectivity index (χ3v) is 7.27. The number of hydrogen-bond donors (Lipinski definition) is 0. The van der Waals surface area contributed by atoms with Crippen LogP contribution in [-0.4, -0.2) is 46.7 Å². The molecule has 3 amide bonds. The molecular formula is C27H30N2O3. The van der Waals surface area contributed by atoms with Gasteiger partial charge >= 0.3 is 0 Å². The molecule has 2 heterocycles. The molecule has 2 aromatic carbocycles. The predicted octanol–water partition coefficient (Wildman–Crippen LogP) is 4.16. The van der Waals surface area contributed by atoms with Gasteiger partial charge in [-0.3, -0.25) is 19.3 Å². The SMILES string of the molecule is C[C@@H]1CCCN(C(=O)C[C@]2(c3ccc(-c4ccccc4)cc3)CC(=O)N(C3CC3)C2=O)C1. The standard InChI is InChI=1S/C27H30N2O3/c1-19-6-5-15-28(18-19)24(30)16-27(17-25(31)29(26(27)32)23-13-14-23)22-11-9-21(10-12-22)20-7-3-2-4-8-20/h2-4,7-12,19,23H,5-6,13-18H2,1H3/t19-,27-/m1/s1. The van der Waals surface area contributed by atoms with Gasteiger partial charge in [0.15, 0.2) is 0 Å². The van der Waals surface area contributed by atoms with Crippen molar-refractivity contribution in [2.24, 2.45) is 5.92 Å². The topological polar surface area (TPSA) is 57.7 Å². The Morgan fingerprint density at radius 3 is 2.31 bits per heavy atom. The van der Waals surface area contributed by atoms with Crippen LogP contribution in [0.25, 0.3) is 11.1 Å². The molecule has 0 aromatic heterocycles. The number of amides is 3. The molecule has 2 aliphatic heterocycles. The minimum Gasteiger partial charge on any atom is -0.342 e. The normalized spacial score (nSPS) is 26.0. The summed E-state index contributed by atoms with van der Waals surface area (Å²) in [6, 6.07) is 18.0. The molecule has 2 aromatic rings. The molecule has 2 saturated heterocycles. The van der Waals surface area contributed by atoms with Crippen LogP contribution in [0.1, 0.15) is 51.0 Å². The Kier molecular flexibility index (Phi) is 5.36. The van der Waals surface area contributed by atoms with Crippen LogP contribution < -0.4 is 0 Å². The molecule has 32 heavy (non-hydrogen) atoms. The van der Waals surface area contributed by atoms with Gasteiger partial charge in [-0.15, -0.1) is 0 Å². The Morgan fingerprint density at radius 2 is 1.66 bits per heavy atom. The lowest BCUT2D eigenvalue weighted by atomic mass is 9.75. The maximum Gasteiger partial charge on any atom is 0.241 e. The highest BCUT2D eigenvalue weighted by molar-refractivity contribution is 6.11. The van der Waals surface area contributed by atoms with Gasteiger partial charge in [-0.2, -0.15) is 0 Å². The molecule has 0 N–H and O–H groups in total. The minimum absolute atomic E-state index is 0.0116. The number of carbonyl (C=O) groups is 3. The number of imide groups is 1. The third-order valence-electron chi connectivity index (χ3n) is 7.27. The fraction of sp³-hybridized carbons (Fsp3) is 0.444. The summed E-state index contributed by atoms with van der Waals surface area (Å²) in [6.07, 6.45) is 4.02. The number of rotatable bonds is 5. The van der Waals surface area contributed by atoms with E-state index in [4.69, 9.17) is 0 Å². The molecule has 0 radical (unpaired) electrons. The maximum absolute atomic E-state index is 13.7. The lowest BCUT2D eigenvalue weighted by Gasteiger charge is -2.34. The molecular weight excluding hydrogens is 400 g/mol. The van der Waals surface area contributed by atoms with E-state index in [2.05, 4.69) is 6.92 Å². The van der Waals surface area contributed by atoms with Crippen LogP contribution in [0, 0.1) is 5.92 Å². The quantitative estimate of drug-likeness (QED) is 0.670. The van der Waals surface area contributed by atoms with Gasteiger partial charge in [0.05, 0.1) is 5.41 Å². The maximum atomic E-state index is 13.7. The van der Waals surface area contributed by atoms with E-state index >= 15 is 0 Å². The van der Waals surface area contributed by atoms with Gasteiger partial charge in [0.2, 0.25) is 17.7 Å². The summed E-state index contributed by atoms with van der Waals surface area (Å²) in [7, 11) is 0. The van der Waals surface area contributed by atoms with E-state index in [1.165, 1.54) is 4.90 Å². The van der Waals surface area contributed by atoms with Crippen molar-refractivity contribution in [3.05, 3.63) is 60.2 Å². The summed E-state index contributed by atoms with van der Waals surface area (Å²) in [5, 5.41) is 0. The van der Waals surface area contributed by atoms with Crippen LogP contribution in [0.3, 0.4) is 0 Å². The Morgan fingerprint density at radius 1 is 0.969 bits per heavy atom. The van der Waals surface area contributed by atoms with Crippen molar-refractivity contribution in [1.82, 2.24) is 9.80 Å². The molecule has 0 unspecified atom stereocenters. The molecule has 5 rings (SSSR count). The summed E-state index contributed by atoms with van der Waals surface area (Å²) < 4.78 is 0. The highest BCUT2D eigenvalue weighted by atomic mass is 16.2. The number of piperidine rings is 1. The van der Waals surface area contributed by atoms with Crippen LogP contribution in [0.2, 0.25) is 0 Å². The zero-order valence-corrected chi connectivity index (χ0v) is 18.6. The van der Waals surface area contributed by atoms with Crippen LogP contribution >= 0.6 is 0 Å². The first-order valence-electron chi connectivity index (χ1n) is 11.8. The van der Waals surface area contributed by atoms with Crippen LogP contribution in [0.15, 0.2) is 54.6 Å². The second-order valence-corrected chi connectivity index (χ2v) is 9.77. The lowest BCUT2D eigenvalue weighted by molar-refractivity contribution is -0.143. The fourth-order valence-corrected chi connectivity index (χ4v) is 5.33. The van der Waals surface area contributed by atoms with E-state index < -0.39 is 5.41 Å². The molecule has 3 aliphatic rings. The first-order chi connectivity index (χ1) is 15.5. The van der Waals surface area contributed by atoms with Crippen molar-refractivity contribution in [2.75, 3.05) is 13.1 Å². The van der Waals surface area contributed by atoms with Gasteiger partial charge in [-0.1, -0.05) is 61.5 Å². The molecule has 3 fully saturated rings. The highest BCUT2D eigenvalue weighted by Crippen LogP contribution is 2.45. The van der Waals surface area contributed by atoms with E-state index in [0.717, 1.165) is 55.5 Å². The van der Waals surface area contributed by atoms with E-state index in [1.54, 1.807) is 0 Å². The molecule has 2 atom stereocenters. The lowest BCUT2D eigenvalue weighted by Crippen LogP contribution is -2.46. The summed E-state index contributed by atoms with van der Waals surface area (Å²) in [6.45, 7) is 3.63. The van der Waals surface area contributed by atoms with Crippen molar-refractivity contribution in [1.29, 1.82) is 0 Å². The Balaban J connectivity index is 1.48. The summed E-state index contributed by atoms with van der Waals surface area (Å²) in [5.41, 5.74) is 1.83. The monoisotopic (exact) mass is 430 g/mol. The first kappa shape index (κ1) is 20.9. The second kappa shape index (κ2) is 8.19. The average Bonchev–Trinajstić information content (AvgIpc) is 3.60. The van der Waals surface area contributed by atoms with Crippen molar-refractivity contribution in [3.8, 4) is 11.1 Å². The number of carbonyl (C=O) groups excluding carboxylic acids is 3. The van der Waals surface area contributed by atoms with Gasteiger partial charge in [0.1, 0.15) is 0 Å². The average molecular weight is 431 g/mol. The zero-order valence-electron chi connectivity index (χ0n) is 18.6. The van der Waals surface area contributed by atoms with Crippen molar-refractivity contribution in [3.63, 3.8) is 0 Å². The van der Waals surface area contributed by atoms with Crippen LogP contribution in [0.4, 0.5) is 0 Å². The van der Waals surface area contributed by atoms with Crippen molar-refractivity contribution < 1.29 is 14.4 Å². The molecule has 5 heteroatoms. The zero-order chi connectivity index (χ0) is 22.3. The van der Waals surface area contributed by atoms with Gasteiger partial charge < -0.3 is 4.90 Å². The Labute approximate surface area is 189 Å². The van der Waals surface area contributed by atoms with Gasteiger partial charge in [-0.05, 0) is 48.3 Å². The predicted molar refractivity (Wildman–Crippen MR) is 123 cm³/mol. The van der Waals surface area contributed by atoms with E-state index in [-0.39, 0.29) is 36.6 Å². The molecule has 0 bridgehead atoms. The van der Waals surface area contributed by atoms with E-state index in [9.17, 15) is 14.4 Å². The molecule has 5 nitrogen and oxygen atoms in total. The second-order valence-electron chi connectivity index (χ2n) is 9.77. The molecule has 166 valence electrons. The largest absolute Gasteiger partial charge is 0.342 e. The number of nitrogens with zero attached hydrogens (tertiary/aromatic N) is 2. The van der Waals surface area contributed by atoms with Crippen LogP contribution in [-0.2, 0) is 19.8 Å². The Hall–Kier alpha value is -2.95. The third kappa shape index (κ3) is 3.74. The first-order valence-corrected chi connectivity index (χ1v) is 11.8. The summed E-state index contributed by atoms with van der Waals surface area (Å²) in [5.74, 6) is 0.139. The van der Waals surface area contributed by atoms with Gasteiger partial charge in [-0.25, -0.2) is 0 Å². The van der Waals surface area contributed by atoms with Crippen molar-refractivity contribution in [2.45, 2.75) is 56.9 Å². The summed E-state index contributed by atoms with van der Waals surface area (Å²) >= 11 is 0. The fourth-order valence-electron chi connectivity index (χ4n) is 5.33. The number of hydrogen-bond acceptors (Lipinski definition) is 3. The smallest absolute Gasteiger partial charge is 0.241 e. The summed E-state index contributed by atoms with van der Waals surface area (Å²) in [4.78, 5) is 43.3. The minimum atomic E-state index is -1.09. The van der Waals surface area contributed by atoms with Gasteiger partial charge in [0.25, 0.3) is 0 Å².